The summed E-state index contributed by atoms with van der Waals surface area (Å²) in [4.78, 5) is 6.04. The fourth-order valence-corrected chi connectivity index (χ4v) is 0.923. The standard InChI is InChI=1S/C8H10FN3/c1-3-6(10)4-7-5(2)11-8(9)12-7/h1,6H,4,10H2,2H3,(H,11,12). The Morgan fingerprint density at radius 1 is 1.83 bits per heavy atom. The highest BCUT2D eigenvalue weighted by Gasteiger charge is 2.08. The normalized spacial score (nSPS) is 12.5. The Balaban J connectivity index is 2.76. The van der Waals surface area contributed by atoms with Crippen molar-refractivity contribution in [1.29, 1.82) is 0 Å². The number of terminal acetylenes is 1. The first-order valence-electron chi connectivity index (χ1n) is 3.56. The van der Waals surface area contributed by atoms with Gasteiger partial charge in [-0.25, -0.2) is 4.98 Å². The van der Waals surface area contributed by atoms with Gasteiger partial charge in [-0.2, -0.15) is 4.39 Å². The molecule has 12 heavy (non-hydrogen) atoms. The molecule has 1 rings (SSSR count). The minimum Gasteiger partial charge on any atom is -0.318 e. The molecule has 0 saturated heterocycles. The average molecular weight is 167 g/mol. The van der Waals surface area contributed by atoms with Gasteiger partial charge in [-0.1, -0.05) is 5.92 Å². The number of rotatable bonds is 2. The van der Waals surface area contributed by atoms with Crippen LogP contribution in [0.25, 0.3) is 0 Å². The molecule has 3 nitrogen and oxygen atoms in total. The van der Waals surface area contributed by atoms with Crippen molar-refractivity contribution in [2.75, 3.05) is 0 Å². The first-order valence-corrected chi connectivity index (χ1v) is 3.56. The first kappa shape index (κ1) is 8.75. The highest BCUT2D eigenvalue weighted by Crippen LogP contribution is 2.05. The maximum absolute atomic E-state index is 12.5. The smallest absolute Gasteiger partial charge is 0.286 e. The molecule has 64 valence electrons. The predicted molar refractivity (Wildman–Crippen MR) is 43.8 cm³/mol. The molecular formula is C8H10FN3. The molecule has 1 atom stereocenters. The molecule has 0 amide bonds. The molecule has 0 aliphatic carbocycles. The second-order valence-electron chi connectivity index (χ2n) is 2.58. The Bertz CT molecular complexity index is 311. The van der Waals surface area contributed by atoms with E-state index in [0.717, 1.165) is 0 Å². The fraction of sp³-hybridized carbons (Fsp3) is 0.375. The van der Waals surface area contributed by atoms with E-state index in [1.54, 1.807) is 6.92 Å². The van der Waals surface area contributed by atoms with E-state index in [9.17, 15) is 4.39 Å². The summed E-state index contributed by atoms with van der Waals surface area (Å²) >= 11 is 0. The van der Waals surface area contributed by atoms with Crippen LogP contribution in [-0.4, -0.2) is 16.0 Å². The van der Waals surface area contributed by atoms with Crippen LogP contribution in [0.2, 0.25) is 0 Å². The van der Waals surface area contributed by atoms with Crippen molar-refractivity contribution in [3.63, 3.8) is 0 Å². The highest BCUT2D eigenvalue weighted by atomic mass is 19.1. The Labute approximate surface area is 70.2 Å². The van der Waals surface area contributed by atoms with E-state index in [0.29, 0.717) is 17.8 Å². The number of halogens is 1. The summed E-state index contributed by atoms with van der Waals surface area (Å²) in [7, 11) is 0. The molecule has 0 fully saturated rings. The Hall–Kier alpha value is -1.34. The lowest BCUT2D eigenvalue weighted by atomic mass is 10.1. The summed E-state index contributed by atoms with van der Waals surface area (Å²) in [5.74, 6) is 2.35. The SMILES string of the molecule is C#CC(N)Cc1nc(F)[nH]c1C. The third kappa shape index (κ3) is 1.83. The number of aromatic nitrogens is 2. The lowest BCUT2D eigenvalue weighted by Crippen LogP contribution is -2.20. The topological polar surface area (TPSA) is 54.7 Å². The van der Waals surface area contributed by atoms with Crippen LogP contribution in [0.15, 0.2) is 0 Å². The van der Waals surface area contributed by atoms with Crippen LogP contribution >= 0.6 is 0 Å². The predicted octanol–water partition coefficient (Wildman–Crippen LogP) is 0.360. The molecule has 1 unspecified atom stereocenters. The zero-order chi connectivity index (χ0) is 9.14. The van der Waals surface area contributed by atoms with Gasteiger partial charge in [-0.3, -0.25) is 0 Å². The van der Waals surface area contributed by atoms with E-state index in [2.05, 4.69) is 15.9 Å². The monoisotopic (exact) mass is 167 g/mol. The summed E-state index contributed by atoms with van der Waals surface area (Å²) in [6.07, 6.45) is 4.88. The number of nitrogens with one attached hydrogen (secondary N) is 1. The van der Waals surface area contributed by atoms with Crippen molar-refractivity contribution in [2.45, 2.75) is 19.4 Å². The molecule has 0 bridgehead atoms. The molecular weight excluding hydrogens is 157 g/mol. The van der Waals surface area contributed by atoms with E-state index in [4.69, 9.17) is 12.2 Å². The van der Waals surface area contributed by atoms with Crippen molar-refractivity contribution >= 4 is 0 Å². The number of H-pyrrole nitrogens is 1. The van der Waals surface area contributed by atoms with Crippen LogP contribution in [0, 0.1) is 25.3 Å². The van der Waals surface area contributed by atoms with Crippen molar-refractivity contribution in [1.82, 2.24) is 9.97 Å². The summed E-state index contributed by atoms with van der Waals surface area (Å²) in [6, 6.07) is -0.397. The molecule has 0 saturated carbocycles. The van der Waals surface area contributed by atoms with Gasteiger partial charge >= 0.3 is 0 Å². The lowest BCUT2D eigenvalue weighted by Gasteiger charge is -2.00. The molecule has 1 aromatic rings. The van der Waals surface area contributed by atoms with Crippen molar-refractivity contribution in [2.24, 2.45) is 5.73 Å². The van der Waals surface area contributed by atoms with E-state index in [1.807, 2.05) is 0 Å². The van der Waals surface area contributed by atoms with Gasteiger partial charge in [0.15, 0.2) is 0 Å². The van der Waals surface area contributed by atoms with Crippen LogP contribution in [0.5, 0.6) is 0 Å². The first-order chi connectivity index (χ1) is 5.63. The number of aromatic amines is 1. The molecule has 1 aromatic heterocycles. The van der Waals surface area contributed by atoms with E-state index >= 15 is 0 Å². The number of aryl methyl sites for hydroxylation is 1. The maximum Gasteiger partial charge on any atom is 0.286 e. The molecule has 4 heteroatoms. The van der Waals surface area contributed by atoms with Crippen molar-refractivity contribution in [3.05, 3.63) is 17.5 Å². The molecule has 1 heterocycles. The molecule has 0 spiro atoms. The van der Waals surface area contributed by atoms with Crippen LogP contribution in [-0.2, 0) is 6.42 Å². The van der Waals surface area contributed by atoms with Gasteiger partial charge in [0.2, 0.25) is 0 Å². The number of nitrogens with zero attached hydrogens (tertiary/aromatic N) is 1. The van der Waals surface area contributed by atoms with Gasteiger partial charge in [0, 0.05) is 12.1 Å². The third-order valence-corrected chi connectivity index (χ3v) is 1.58. The number of hydrogen-bond donors (Lipinski definition) is 2. The summed E-state index contributed by atoms with van der Waals surface area (Å²) < 4.78 is 12.5. The van der Waals surface area contributed by atoms with Gasteiger partial charge in [-0.15, -0.1) is 6.42 Å². The highest BCUT2D eigenvalue weighted by molar-refractivity contribution is 5.14. The molecule has 0 aliphatic heterocycles. The van der Waals surface area contributed by atoms with Crippen LogP contribution in [0.3, 0.4) is 0 Å². The lowest BCUT2D eigenvalue weighted by molar-refractivity contribution is 0.548. The third-order valence-electron chi connectivity index (χ3n) is 1.58. The van der Waals surface area contributed by atoms with Gasteiger partial charge in [-0.05, 0) is 6.92 Å². The van der Waals surface area contributed by atoms with E-state index in [-0.39, 0.29) is 0 Å². The van der Waals surface area contributed by atoms with Gasteiger partial charge < -0.3 is 10.7 Å². The second-order valence-corrected chi connectivity index (χ2v) is 2.58. The van der Waals surface area contributed by atoms with Crippen molar-refractivity contribution < 1.29 is 4.39 Å². The second kappa shape index (κ2) is 3.37. The average Bonchev–Trinajstić information content (AvgIpc) is 2.30. The minimum absolute atomic E-state index is 0.397. The quantitative estimate of drug-likeness (QED) is 0.625. The van der Waals surface area contributed by atoms with Crippen LogP contribution in [0.4, 0.5) is 4.39 Å². The van der Waals surface area contributed by atoms with E-state index < -0.39 is 12.1 Å². The Kier molecular flexibility index (Phi) is 2.46. The Morgan fingerprint density at radius 3 is 2.92 bits per heavy atom. The van der Waals surface area contributed by atoms with Gasteiger partial charge in [0.1, 0.15) is 0 Å². The van der Waals surface area contributed by atoms with Gasteiger partial charge in [0.05, 0.1) is 11.7 Å². The van der Waals surface area contributed by atoms with Crippen molar-refractivity contribution in [3.8, 4) is 12.3 Å². The number of imidazole rings is 1. The van der Waals surface area contributed by atoms with E-state index in [1.165, 1.54) is 0 Å². The largest absolute Gasteiger partial charge is 0.318 e. The van der Waals surface area contributed by atoms with Gasteiger partial charge in [0.25, 0.3) is 6.08 Å². The molecule has 0 aromatic carbocycles. The molecule has 3 N–H and O–H groups in total. The molecule has 0 aliphatic rings. The summed E-state index contributed by atoms with van der Waals surface area (Å²) in [5, 5.41) is 0. The number of hydrogen-bond acceptors (Lipinski definition) is 2. The summed E-state index contributed by atoms with van der Waals surface area (Å²) in [6.45, 7) is 1.73. The maximum atomic E-state index is 12.5. The van der Waals surface area contributed by atoms with Crippen LogP contribution < -0.4 is 5.73 Å². The number of nitrogens with two attached hydrogens (primary N) is 1. The summed E-state index contributed by atoms with van der Waals surface area (Å²) in [5.41, 5.74) is 6.74. The zero-order valence-electron chi connectivity index (χ0n) is 6.76. The zero-order valence-corrected chi connectivity index (χ0v) is 6.76. The fourth-order valence-electron chi connectivity index (χ4n) is 0.923. The Morgan fingerprint density at radius 2 is 2.50 bits per heavy atom. The minimum atomic E-state index is -0.591. The molecule has 0 radical (unpaired) electrons. The van der Waals surface area contributed by atoms with Crippen LogP contribution in [0.1, 0.15) is 11.4 Å².